The van der Waals surface area contributed by atoms with Gasteiger partial charge in [0.2, 0.25) is 0 Å². The van der Waals surface area contributed by atoms with E-state index in [1.54, 1.807) is 7.11 Å². The third-order valence-electron chi connectivity index (χ3n) is 2.56. The van der Waals surface area contributed by atoms with Gasteiger partial charge in [-0.25, -0.2) is 0 Å². The molecule has 0 fully saturated rings. The van der Waals surface area contributed by atoms with E-state index < -0.39 is 0 Å². The first kappa shape index (κ1) is 13.5. The van der Waals surface area contributed by atoms with E-state index in [9.17, 15) is 0 Å². The molecule has 1 aromatic carbocycles. The standard InChI is InChI=1S/C13H20ClNO/c1-10-8-12(4-5-13(10)14)9-11(2)15-6-7-16-3/h4-5,8,11,15H,6-7,9H2,1-3H3. The van der Waals surface area contributed by atoms with Gasteiger partial charge in [-0.2, -0.15) is 0 Å². The molecule has 0 radical (unpaired) electrons. The Morgan fingerprint density at radius 2 is 2.19 bits per heavy atom. The second-order valence-corrected chi connectivity index (χ2v) is 4.54. The van der Waals surface area contributed by atoms with Crippen LogP contribution in [-0.2, 0) is 11.2 Å². The Hall–Kier alpha value is -0.570. The average Bonchev–Trinajstić information content (AvgIpc) is 2.24. The summed E-state index contributed by atoms with van der Waals surface area (Å²) < 4.78 is 5.00. The van der Waals surface area contributed by atoms with E-state index >= 15 is 0 Å². The molecule has 0 aromatic heterocycles. The molecule has 2 nitrogen and oxygen atoms in total. The van der Waals surface area contributed by atoms with Crippen molar-refractivity contribution in [1.29, 1.82) is 0 Å². The SMILES string of the molecule is COCCNC(C)Cc1ccc(Cl)c(C)c1. The maximum absolute atomic E-state index is 5.99. The first-order valence-electron chi connectivity index (χ1n) is 5.61. The highest BCUT2D eigenvalue weighted by Gasteiger charge is 2.04. The van der Waals surface area contributed by atoms with Gasteiger partial charge in [0, 0.05) is 24.7 Å². The van der Waals surface area contributed by atoms with E-state index in [2.05, 4.69) is 24.4 Å². The summed E-state index contributed by atoms with van der Waals surface area (Å²) >= 11 is 5.99. The van der Waals surface area contributed by atoms with Crippen molar-refractivity contribution in [2.45, 2.75) is 26.3 Å². The van der Waals surface area contributed by atoms with Crippen molar-refractivity contribution in [3.8, 4) is 0 Å². The van der Waals surface area contributed by atoms with Crippen LogP contribution in [0.15, 0.2) is 18.2 Å². The number of benzene rings is 1. The third kappa shape index (κ3) is 4.52. The zero-order valence-corrected chi connectivity index (χ0v) is 11.0. The quantitative estimate of drug-likeness (QED) is 0.774. The zero-order valence-electron chi connectivity index (χ0n) is 10.2. The maximum Gasteiger partial charge on any atom is 0.0587 e. The van der Waals surface area contributed by atoms with E-state index in [1.807, 2.05) is 13.0 Å². The summed E-state index contributed by atoms with van der Waals surface area (Å²) in [6.07, 6.45) is 1.02. The van der Waals surface area contributed by atoms with Gasteiger partial charge in [-0.15, -0.1) is 0 Å². The van der Waals surface area contributed by atoms with Crippen LogP contribution in [0.1, 0.15) is 18.1 Å². The van der Waals surface area contributed by atoms with Crippen molar-refractivity contribution in [2.24, 2.45) is 0 Å². The summed E-state index contributed by atoms with van der Waals surface area (Å²) in [5.74, 6) is 0. The Bertz CT molecular complexity index is 328. The van der Waals surface area contributed by atoms with Gasteiger partial charge in [0.15, 0.2) is 0 Å². The van der Waals surface area contributed by atoms with E-state index in [0.29, 0.717) is 6.04 Å². The van der Waals surface area contributed by atoms with Gasteiger partial charge in [-0.05, 0) is 37.5 Å². The molecule has 0 bridgehead atoms. The number of rotatable bonds is 6. The summed E-state index contributed by atoms with van der Waals surface area (Å²) in [6, 6.07) is 6.66. The summed E-state index contributed by atoms with van der Waals surface area (Å²) in [5, 5.41) is 4.24. The molecule has 0 saturated carbocycles. The lowest BCUT2D eigenvalue weighted by Crippen LogP contribution is -2.30. The highest BCUT2D eigenvalue weighted by molar-refractivity contribution is 6.31. The highest BCUT2D eigenvalue weighted by atomic mass is 35.5. The van der Waals surface area contributed by atoms with Crippen molar-refractivity contribution in [2.75, 3.05) is 20.3 Å². The molecule has 0 amide bonds. The van der Waals surface area contributed by atoms with Gasteiger partial charge in [0.05, 0.1) is 6.61 Å². The molecular formula is C13H20ClNO. The molecule has 0 spiro atoms. The van der Waals surface area contributed by atoms with Crippen LogP contribution in [0.2, 0.25) is 5.02 Å². The number of hydrogen-bond acceptors (Lipinski definition) is 2. The first-order valence-corrected chi connectivity index (χ1v) is 5.98. The molecule has 1 unspecified atom stereocenters. The molecule has 0 aliphatic heterocycles. The molecule has 0 aliphatic carbocycles. The van der Waals surface area contributed by atoms with Crippen LogP contribution in [0.25, 0.3) is 0 Å². The second-order valence-electron chi connectivity index (χ2n) is 4.14. The zero-order chi connectivity index (χ0) is 12.0. The monoisotopic (exact) mass is 241 g/mol. The largest absolute Gasteiger partial charge is 0.383 e. The van der Waals surface area contributed by atoms with Gasteiger partial charge < -0.3 is 10.1 Å². The highest BCUT2D eigenvalue weighted by Crippen LogP contribution is 2.17. The second kappa shape index (κ2) is 6.89. The van der Waals surface area contributed by atoms with Crippen LogP contribution >= 0.6 is 11.6 Å². The van der Waals surface area contributed by atoms with Crippen LogP contribution in [-0.4, -0.2) is 26.3 Å². The number of ether oxygens (including phenoxy) is 1. The predicted octanol–water partition coefficient (Wildman–Crippen LogP) is 2.82. The minimum absolute atomic E-state index is 0.454. The number of halogens is 1. The Balaban J connectivity index is 2.43. The van der Waals surface area contributed by atoms with Crippen molar-refractivity contribution in [1.82, 2.24) is 5.32 Å². The fraction of sp³-hybridized carbons (Fsp3) is 0.538. The Labute approximate surface area is 103 Å². The lowest BCUT2D eigenvalue weighted by Gasteiger charge is -2.14. The molecule has 1 rings (SSSR count). The normalized spacial score (nSPS) is 12.8. The lowest BCUT2D eigenvalue weighted by molar-refractivity contribution is 0.196. The predicted molar refractivity (Wildman–Crippen MR) is 69.2 cm³/mol. The molecule has 90 valence electrons. The summed E-state index contributed by atoms with van der Waals surface area (Å²) in [6.45, 7) is 5.86. The average molecular weight is 242 g/mol. The first-order chi connectivity index (χ1) is 7.63. The topological polar surface area (TPSA) is 21.3 Å². The number of hydrogen-bond donors (Lipinski definition) is 1. The van der Waals surface area contributed by atoms with Crippen LogP contribution in [0, 0.1) is 6.92 Å². The molecule has 16 heavy (non-hydrogen) atoms. The van der Waals surface area contributed by atoms with Crippen LogP contribution < -0.4 is 5.32 Å². The van der Waals surface area contributed by atoms with Gasteiger partial charge in [-0.1, -0.05) is 23.7 Å². The fourth-order valence-electron chi connectivity index (χ4n) is 1.67. The molecule has 3 heteroatoms. The summed E-state index contributed by atoms with van der Waals surface area (Å²) in [5.41, 5.74) is 2.46. The third-order valence-corrected chi connectivity index (χ3v) is 2.99. The molecule has 1 N–H and O–H groups in total. The van der Waals surface area contributed by atoms with Gasteiger partial charge in [0.1, 0.15) is 0 Å². The fourth-order valence-corrected chi connectivity index (χ4v) is 1.78. The van der Waals surface area contributed by atoms with Crippen LogP contribution in [0.5, 0.6) is 0 Å². The van der Waals surface area contributed by atoms with E-state index in [-0.39, 0.29) is 0 Å². The molecule has 1 aromatic rings. The van der Waals surface area contributed by atoms with Gasteiger partial charge >= 0.3 is 0 Å². The Morgan fingerprint density at radius 1 is 1.44 bits per heavy atom. The van der Waals surface area contributed by atoms with E-state index in [0.717, 1.165) is 30.2 Å². The Kier molecular flexibility index (Phi) is 5.81. The maximum atomic E-state index is 5.99. The van der Waals surface area contributed by atoms with Gasteiger partial charge in [-0.3, -0.25) is 0 Å². The molecule has 0 heterocycles. The van der Waals surface area contributed by atoms with Crippen molar-refractivity contribution in [3.05, 3.63) is 34.3 Å². The van der Waals surface area contributed by atoms with Crippen LogP contribution in [0.3, 0.4) is 0 Å². The van der Waals surface area contributed by atoms with E-state index in [1.165, 1.54) is 5.56 Å². The number of aryl methyl sites for hydroxylation is 1. The smallest absolute Gasteiger partial charge is 0.0587 e. The minimum atomic E-state index is 0.454. The Morgan fingerprint density at radius 3 is 2.81 bits per heavy atom. The lowest BCUT2D eigenvalue weighted by atomic mass is 10.0. The molecule has 0 saturated heterocycles. The minimum Gasteiger partial charge on any atom is -0.383 e. The molecule has 0 aliphatic rings. The number of methoxy groups -OCH3 is 1. The van der Waals surface area contributed by atoms with E-state index in [4.69, 9.17) is 16.3 Å². The number of nitrogens with one attached hydrogen (secondary N) is 1. The summed E-state index contributed by atoms with van der Waals surface area (Å²) in [7, 11) is 1.72. The van der Waals surface area contributed by atoms with Crippen LogP contribution in [0.4, 0.5) is 0 Å². The molecular weight excluding hydrogens is 222 g/mol. The van der Waals surface area contributed by atoms with Gasteiger partial charge in [0.25, 0.3) is 0 Å². The molecule has 1 atom stereocenters. The van der Waals surface area contributed by atoms with Crippen molar-refractivity contribution >= 4 is 11.6 Å². The van der Waals surface area contributed by atoms with Crippen molar-refractivity contribution in [3.63, 3.8) is 0 Å². The summed E-state index contributed by atoms with van der Waals surface area (Å²) in [4.78, 5) is 0. The van der Waals surface area contributed by atoms with Crippen molar-refractivity contribution < 1.29 is 4.74 Å².